The van der Waals surface area contributed by atoms with Crippen LogP contribution in [-0.4, -0.2) is 13.0 Å². The first-order chi connectivity index (χ1) is 6.22. The second-order valence-corrected chi connectivity index (χ2v) is 3.42. The van der Waals surface area contributed by atoms with Gasteiger partial charge < -0.3 is 5.32 Å². The van der Waals surface area contributed by atoms with Gasteiger partial charge in [0.2, 0.25) is 5.91 Å². The number of hydrogen-bond donors (Lipinski definition) is 1. The smallest absolute Gasteiger partial charge is 0.243 e. The zero-order chi connectivity index (χ0) is 9.68. The van der Waals surface area contributed by atoms with Crippen LogP contribution in [0.2, 0.25) is 0 Å². The molecule has 0 atom stereocenters. The fourth-order valence-corrected chi connectivity index (χ4v) is 1.28. The second-order valence-electron chi connectivity index (χ2n) is 2.50. The van der Waals surface area contributed by atoms with Crippen LogP contribution in [0.3, 0.4) is 0 Å². The number of halogens is 1. The lowest BCUT2D eigenvalue weighted by atomic mass is 10.2. The highest BCUT2D eigenvalue weighted by Gasteiger charge is 1.90. The van der Waals surface area contributed by atoms with Crippen molar-refractivity contribution in [1.82, 2.24) is 5.32 Å². The predicted molar refractivity (Wildman–Crippen MR) is 57.2 cm³/mol. The van der Waals surface area contributed by atoms with E-state index in [4.69, 9.17) is 0 Å². The first-order valence-electron chi connectivity index (χ1n) is 3.88. The normalized spacial score (nSPS) is 10.3. The number of hydrogen-bond acceptors (Lipinski definition) is 1. The quantitative estimate of drug-likeness (QED) is 0.789. The summed E-state index contributed by atoms with van der Waals surface area (Å²) in [5.41, 5.74) is 0.998. The lowest BCUT2D eigenvalue weighted by Crippen LogP contribution is -2.13. The van der Waals surface area contributed by atoms with Crippen LogP contribution in [0.1, 0.15) is 5.56 Å². The molecule has 0 saturated heterocycles. The van der Waals surface area contributed by atoms with Crippen molar-refractivity contribution in [3.63, 3.8) is 0 Å². The zero-order valence-corrected chi connectivity index (χ0v) is 8.84. The summed E-state index contributed by atoms with van der Waals surface area (Å²) in [6, 6.07) is 7.74. The van der Waals surface area contributed by atoms with Gasteiger partial charge in [-0.1, -0.05) is 28.1 Å². The van der Waals surface area contributed by atoms with E-state index in [2.05, 4.69) is 21.2 Å². The van der Waals surface area contributed by atoms with Crippen LogP contribution in [0, 0.1) is 0 Å². The van der Waals surface area contributed by atoms with Crippen molar-refractivity contribution in [2.75, 3.05) is 7.05 Å². The Morgan fingerprint density at radius 2 is 2.31 bits per heavy atom. The van der Waals surface area contributed by atoms with Crippen LogP contribution >= 0.6 is 15.9 Å². The van der Waals surface area contributed by atoms with Gasteiger partial charge in [0, 0.05) is 17.6 Å². The van der Waals surface area contributed by atoms with Gasteiger partial charge in [0.15, 0.2) is 0 Å². The van der Waals surface area contributed by atoms with Crippen molar-refractivity contribution < 1.29 is 4.79 Å². The van der Waals surface area contributed by atoms with E-state index in [1.165, 1.54) is 6.08 Å². The zero-order valence-electron chi connectivity index (χ0n) is 7.25. The first kappa shape index (κ1) is 9.99. The van der Waals surface area contributed by atoms with Crippen molar-refractivity contribution in [2.45, 2.75) is 0 Å². The third-order valence-electron chi connectivity index (χ3n) is 1.52. The van der Waals surface area contributed by atoms with Gasteiger partial charge in [0.1, 0.15) is 0 Å². The van der Waals surface area contributed by atoms with Crippen molar-refractivity contribution >= 4 is 27.9 Å². The molecule has 2 nitrogen and oxygen atoms in total. The van der Waals surface area contributed by atoms with Gasteiger partial charge in [-0.3, -0.25) is 4.79 Å². The minimum atomic E-state index is -0.0972. The third-order valence-corrected chi connectivity index (χ3v) is 2.02. The maximum Gasteiger partial charge on any atom is 0.243 e. The molecule has 0 aliphatic heterocycles. The van der Waals surface area contributed by atoms with Crippen LogP contribution in [0.4, 0.5) is 0 Å². The Bertz CT molecular complexity index is 333. The molecule has 1 aromatic carbocycles. The molecule has 13 heavy (non-hydrogen) atoms. The molecule has 3 heteroatoms. The number of benzene rings is 1. The molecule has 0 aliphatic carbocycles. The highest BCUT2D eigenvalue weighted by molar-refractivity contribution is 9.10. The van der Waals surface area contributed by atoms with Gasteiger partial charge in [-0.2, -0.15) is 0 Å². The number of rotatable bonds is 2. The van der Waals surface area contributed by atoms with Gasteiger partial charge in [-0.05, 0) is 23.8 Å². The molecule has 0 aliphatic rings. The summed E-state index contributed by atoms with van der Waals surface area (Å²) in [5.74, 6) is -0.0972. The Kier molecular flexibility index (Phi) is 3.71. The van der Waals surface area contributed by atoms with Gasteiger partial charge in [-0.25, -0.2) is 0 Å². The standard InChI is InChI=1S/C10H10BrNO/c1-12-10(13)6-5-8-3-2-4-9(11)7-8/h2-7H,1H3,(H,12,13). The monoisotopic (exact) mass is 239 g/mol. The molecular formula is C10H10BrNO. The summed E-state index contributed by atoms with van der Waals surface area (Å²) in [5, 5.41) is 2.51. The first-order valence-corrected chi connectivity index (χ1v) is 4.67. The maximum absolute atomic E-state index is 10.9. The molecule has 0 unspecified atom stereocenters. The van der Waals surface area contributed by atoms with Crippen LogP contribution < -0.4 is 5.32 Å². The van der Waals surface area contributed by atoms with E-state index >= 15 is 0 Å². The van der Waals surface area contributed by atoms with E-state index in [1.54, 1.807) is 13.1 Å². The summed E-state index contributed by atoms with van der Waals surface area (Å²) < 4.78 is 1.01. The van der Waals surface area contributed by atoms with E-state index in [1.807, 2.05) is 24.3 Å². The predicted octanol–water partition coefficient (Wildman–Crippen LogP) is 2.21. The number of nitrogens with one attached hydrogen (secondary N) is 1. The summed E-state index contributed by atoms with van der Waals surface area (Å²) in [7, 11) is 1.60. The molecule has 1 rings (SSSR count). The Labute approximate surface area is 85.8 Å². The fraction of sp³-hybridized carbons (Fsp3) is 0.100. The van der Waals surface area contributed by atoms with Gasteiger partial charge >= 0.3 is 0 Å². The molecule has 0 aromatic heterocycles. The Balaban J connectivity index is 2.74. The number of amides is 1. The molecule has 0 saturated carbocycles. The summed E-state index contributed by atoms with van der Waals surface area (Å²) in [6.45, 7) is 0. The summed E-state index contributed by atoms with van der Waals surface area (Å²) >= 11 is 3.35. The SMILES string of the molecule is CNC(=O)C=Cc1cccc(Br)c1. The van der Waals surface area contributed by atoms with E-state index in [-0.39, 0.29) is 5.91 Å². The number of carbonyl (C=O) groups excluding carboxylic acids is 1. The largest absolute Gasteiger partial charge is 0.356 e. The molecule has 0 fully saturated rings. The van der Waals surface area contributed by atoms with E-state index in [9.17, 15) is 4.79 Å². The van der Waals surface area contributed by atoms with Gasteiger partial charge in [0.25, 0.3) is 0 Å². The molecule has 1 aromatic rings. The van der Waals surface area contributed by atoms with Crippen molar-refractivity contribution in [3.8, 4) is 0 Å². The van der Waals surface area contributed by atoms with Crippen LogP contribution in [0.5, 0.6) is 0 Å². The van der Waals surface area contributed by atoms with Crippen LogP contribution in [0.25, 0.3) is 6.08 Å². The van der Waals surface area contributed by atoms with Gasteiger partial charge in [-0.15, -0.1) is 0 Å². The molecule has 1 amide bonds. The molecule has 68 valence electrons. The highest BCUT2D eigenvalue weighted by Crippen LogP contribution is 2.12. The van der Waals surface area contributed by atoms with Crippen molar-refractivity contribution in [3.05, 3.63) is 40.4 Å². The molecule has 0 spiro atoms. The van der Waals surface area contributed by atoms with E-state index < -0.39 is 0 Å². The minimum Gasteiger partial charge on any atom is -0.356 e. The lowest BCUT2D eigenvalue weighted by Gasteiger charge is -1.94. The average molecular weight is 240 g/mol. The molecule has 0 heterocycles. The summed E-state index contributed by atoms with van der Waals surface area (Å²) in [6.07, 6.45) is 3.27. The third kappa shape index (κ3) is 3.42. The van der Waals surface area contributed by atoms with Crippen molar-refractivity contribution in [1.29, 1.82) is 0 Å². The Morgan fingerprint density at radius 1 is 1.54 bits per heavy atom. The Morgan fingerprint density at radius 3 is 2.92 bits per heavy atom. The van der Waals surface area contributed by atoms with Crippen molar-refractivity contribution in [2.24, 2.45) is 0 Å². The van der Waals surface area contributed by atoms with Gasteiger partial charge in [0.05, 0.1) is 0 Å². The van der Waals surface area contributed by atoms with E-state index in [0.29, 0.717) is 0 Å². The fourth-order valence-electron chi connectivity index (χ4n) is 0.866. The summed E-state index contributed by atoms with van der Waals surface area (Å²) in [4.78, 5) is 10.9. The molecule has 0 radical (unpaired) electrons. The molecular weight excluding hydrogens is 230 g/mol. The number of likely N-dealkylation sites (N-methyl/N-ethyl adjacent to an activating group) is 1. The highest BCUT2D eigenvalue weighted by atomic mass is 79.9. The maximum atomic E-state index is 10.9. The molecule has 1 N–H and O–H groups in total. The average Bonchev–Trinajstić information content (AvgIpc) is 2.14. The topological polar surface area (TPSA) is 29.1 Å². The molecule has 0 bridgehead atoms. The lowest BCUT2D eigenvalue weighted by molar-refractivity contribution is -0.115. The van der Waals surface area contributed by atoms with E-state index in [0.717, 1.165) is 10.0 Å². The van der Waals surface area contributed by atoms with Crippen LogP contribution in [0.15, 0.2) is 34.8 Å². The number of carbonyl (C=O) groups is 1. The minimum absolute atomic E-state index is 0.0972. The Hall–Kier alpha value is -1.09. The van der Waals surface area contributed by atoms with Crippen LogP contribution in [-0.2, 0) is 4.79 Å². The second kappa shape index (κ2) is 4.82.